The Bertz CT molecular complexity index is 693. The molecule has 0 saturated heterocycles. The van der Waals surface area contributed by atoms with Crippen LogP contribution >= 0.6 is 0 Å². The second-order valence-electron chi connectivity index (χ2n) is 8.39. The zero-order chi connectivity index (χ0) is 18.5. The highest BCUT2D eigenvalue weighted by Crippen LogP contribution is 2.55. The average molecular weight is 363 g/mol. The number of amides is 1. The molecule has 1 aromatic carbocycles. The van der Waals surface area contributed by atoms with Gasteiger partial charge < -0.3 is 10.1 Å². The molecule has 140 valence electrons. The molecule has 4 saturated carbocycles. The summed E-state index contributed by atoms with van der Waals surface area (Å²) in [5.74, 6) is -0.891. The predicted octanol–water partition coefficient (Wildman–Crippen LogP) is 3.60. The molecule has 4 aliphatic carbocycles. The minimum absolute atomic E-state index is 0.169. The molecule has 1 atom stereocenters. The fourth-order valence-corrected chi connectivity index (χ4v) is 5.58. The predicted molar refractivity (Wildman–Crippen MR) is 90.3 cm³/mol. The van der Waals surface area contributed by atoms with Crippen molar-refractivity contribution >= 4 is 11.9 Å². The first-order valence-corrected chi connectivity index (χ1v) is 9.31. The van der Waals surface area contributed by atoms with E-state index >= 15 is 0 Å². The third kappa shape index (κ3) is 3.33. The summed E-state index contributed by atoms with van der Waals surface area (Å²) in [6.07, 6.45) is 5.80. The van der Waals surface area contributed by atoms with Crippen LogP contribution < -0.4 is 5.32 Å². The zero-order valence-corrected chi connectivity index (χ0v) is 14.8. The highest BCUT2D eigenvalue weighted by atomic mass is 19.1. The fraction of sp³-hybridized carbons (Fsp3) is 0.600. The molecule has 0 spiro atoms. The molecule has 0 aromatic heterocycles. The maximum atomic E-state index is 13.2. The average Bonchev–Trinajstić information content (AvgIpc) is 2.51. The van der Waals surface area contributed by atoms with Crippen LogP contribution in [-0.2, 0) is 9.53 Å². The largest absolute Gasteiger partial charge is 0.449 e. The van der Waals surface area contributed by atoms with E-state index in [-0.39, 0.29) is 17.0 Å². The number of rotatable bonds is 4. The summed E-state index contributed by atoms with van der Waals surface area (Å²) < 4.78 is 31.6. The third-order valence-corrected chi connectivity index (χ3v) is 6.18. The summed E-state index contributed by atoms with van der Waals surface area (Å²) in [6.45, 7) is 1.49. The van der Waals surface area contributed by atoms with Crippen molar-refractivity contribution in [3.05, 3.63) is 35.4 Å². The van der Waals surface area contributed by atoms with Crippen molar-refractivity contribution in [2.75, 3.05) is 0 Å². The number of hydrogen-bond acceptors (Lipinski definition) is 3. The molecule has 4 aliphatic rings. The summed E-state index contributed by atoms with van der Waals surface area (Å²) in [6, 6.07) is 2.48. The summed E-state index contributed by atoms with van der Waals surface area (Å²) in [7, 11) is 0. The normalized spacial score (nSPS) is 33.0. The molecule has 0 unspecified atom stereocenters. The number of nitrogens with one attached hydrogen (secondary N) is 1. The molecule has 0 heterocycles. The smallest absolute Gasteiger partial charge is 0.339 e. The molecule has 5 rings (SSSR count). The molecule has 4 fully saturated rings. The Morgan fingerprint density at radius 2 is 1.54 bits per heavy atom. The monoisotopic (exact) mass is 363 g/mol. The Morgan fingerprint density at radius 3 is 2.04 bits per heavy atom. The number of carbonyl (C=O) groups is 2. The van der Waals surface area contributed by atoms with Crippen LogP contribution in [0.1, 0.15) is 55.8 Å². The summed E-state index contributed by atoms with van der Waals surface area (Å²) >= 11 is 0. The van der Waals surface area contributed by atoms with Gasteiger partial charge in [-0.2, -0.15) is 0 Å². The van der Waals surface area contributed by atoms with E-state index in [1.165, 1.54) is 26.2 Å². The van der Waals surface area contributed by atoms with Crippen LogP contribution in [0.3, 0.4) is 0 Å². The topological polar surface area (TPSA) is 55.4 Å². The third-order valence-electron chi connectivity index (χ3n) is 6.18. The van der Waals surface area contributed by atoms with Gasteiger partial charge in [0.2, 0.25) is 0 Å². The van der Waals surface area contributed by atoms with E-state index in [2.05, 4.69) is 5.32 Å². The zero-order valence-electron chi connectivity index (χ0n) is 14.8. The first-order chi connectivity index (χ1) is 12.3. The molecule has 6 heteroatoms. The quantitative estimate of drug-likeness (QED) is 0.832. The number of carbonyl (C=O) groups excluding carboxylic acids is 2. The number of esters is 1. The van der Waals surface area contributed by atoms with Crippen LogP contribution in [-0.4, -0.2) is 23.5 Å². The molecular formula is C20H23F2NO3. The highest BCUT2D eigenvalue weighted by molar-refractivity contribution is 5.92. The van der Waals surface area contributed by atoms with Gasteiger partial charge in [-0.25, -0.2) is 13.6 Å². The Morgan fingerprint density at radius 1 is 1.04 bits per heavy atom. The molecule has 0 radical (unpaired) electrons. The van der Waals surface area contributed by atoms with Gasteiger partial charge in [-0.3, -0.25) is 4.79 Å². The van der Waals surface area contributed by atoms with Crippen molar-refractivity contribution < 1.29 is 23.1 Å². The fourth-order valence-electron chi connectivity index (χ4n) is 5.58. The SMILES string of the molecule is C[C@@H](OC(=O)c1cc(F)cc(F)c1)C(=O)NC12CC3CC(CC(C3)C1)C2. The molecule has 1 N–H and O–H groups in total. The second kappa shape index (κ2) is 6.32. The number of hydrogen-bond donors (Lipinski definition) is 1. The van der Waals surface area contributed by atoms with Gasteiger partial charge in [-0.05, 0) is 75.3 Å². The minimum Gasteiger partial charge on any atom is -0.449 e. The number of halogens is 2. The lowest BCUT2D eigenvalue weighted by molar-refractivity contribution is -0.134. The van der Waals surface area contributed by atoms with Crippen LogP contribution in [0, 0.1) is 29.4 Å². The van der Waals surface area contributed by atoms with E-state index in [9.17, 15) is 18.4 Å². The van der Waals surface area contributed by atoms with Gasteiger partial charge in [0.05, 0.1) is 5.56 Å². The van der Waals surface area contributed by atoms with E-state index in [0.29, 0.717) is 23.8 Å². The summed E-state index contributed by atoms with van der Waals surface area (Å²) in [5, 5.41) is 3.14. The van der Waals surface area contributed by atoms with E-state index in [1.807, 2.05) is 0 Å². The lowest BCUT2D eigenvalue weighted by Gasteiger charge is -2.57. The maximum absolute atomic E-state index is 13.2. The molecule has 26 heavy (non-hydrogen) atoms. The molecule has 1 aromatic rings. The number of benzene rings is 1. The van der Waals surface area contributed by atoms with Crippen LogP contribution in [0.5, 0.6) is 0 Å². The van der Waals surface area contributed by atoms with Crippen molar-refractivity contribution in [2.24, 2.45) is 17.8 Å². The number of ether oxygens (including phenoxy) is 1. The van der Waals surface area contributed by atoms with Gasteiger partial charge in [0.1, 0.15) is 11.6 Å². The van der Waals surface area contributed by atoms with Crippen LogP contribution in [0.15, 0.2) is 18.2 Å². The lowest BCUT2D eigenvalue weighted by Crippen LogP contribution is -2.61. The van der Waals surface area contributed by atoms with E-state index in [1.54, 1.807) is 0 Å². The van der Waals surface area contributed by atoms with E-state index < -0.39 is 23.7 Å². The first-order valence-electron chi connectivity index (χ1n) is 9.31. The Hall–Kier alpha value is -1.98. The Kier molecular flexibility index (Phi) is 4.24. The van der Waals surface area contributed by atoms with Crippen molar-refractivity contribution in [3.63, 3.8) is 0 Å². The molecule has 0 aliphatic heterocycles. The van der Waals surface area contributed by atoms with Crippen LogP contribution in [0.4, 0.5) is 8.78 Å². The van der Waals surface area contributed by atoms with Crippen LogP contribution in [0.2, 0.25) is 0 Å². The van der Waals surface area contributed by atoms with E-state index in [4.69, 9.17) is 4.74 Å². The first kappa shape index (κ1) is 17.4. The molecule has 4 bridgehead atoms. The van der Waals surface area contributed by atoms with Gasteiger partial charge in [0, 0.05) is 11.6 Å². The van der Waals surface area contributed by atoms with Gasteiger partial charge >= 0.3 is 5.97 Å². The molecular weight excluding hydrogens is 340 g/mol. The Labute approximate surface area is 151 Å². The summed E-state index contributed by atoms with van der Waals surface area (Å²) in [5.41, 5.74) is -0.408. The van der Waals surface area contributed by atoms with Gasteiger partial charge in [-0.1, -0.05) is 0 Å². The lowest BCUT2D eigenvalue weighted by atomic mass is 9.53. The van der Waals surface area contributed by atoms with E-state index in [0.717, 1.165) is 31.4 Å². The van der Waals surface area contributed by atoms with Crippen molar-refractivity contribution in [2.45, 2.75) is 57.1 Å². The van der Waals surface area contributed by atoms with Gasteiger partial charge in [0.15, 0.2) is 6.10 Å². The van der Waals surface area contributed by atoms with Gasteiger partial charge in [-0.15, -0.1) is 0 Å². The standard InChI is InChI=1S/C20H23F2NO3/c1-11(26-19(25)15-5-16(21)7-17(22)6-15)18(24)23-20-8-12-2-13(9-20)4-14(3-12)10-20/h5-7,11-14H,2-4,8-10H2,1H3,(H,23,24)/t11-,12?,13?,14?,20?/m1/s1. The van der Waals surface area contributed by atoms with Crippen LogP contribution in [0.25, 0.3) is 0 Å². The van der Waals surface area contributed by atoms with Crippen molar-refractivity contribution in [1.29, 1.82) is 0 Å². The molecule has 1 amide bonds. The van der Waals surface area contributed by atoms with Crippen molar-refractivity contribution in [1.82, 2.24) is 5.32 Å². The second-order valence-corrected chi connectivity index (χ2v) is 8.39. The maximum Gasteiger partial charge on any atom is 0.339 e. The summed E-state index contributed by atoms with van der Waals surface area (Å²) in [4.78, 5) is 24.7. The highest BCUT2D eigenvalue weighted by Gasteiger charge is 2.51. The van der Waals surface area contributed by atoms with Crippen molar-refractivity contribution in [3.8, 4) is 0 Å². The Balaban J connectivity index is 1.40. The van der Waals surface area contributed by atoms with Gasteiger partial charge in [0.25, 0.3) is 5.91 Å². The molecule has 4 nitrogen and oxygen atoms in total. The minimum atomic E-state index is -1.01.